The van der Waals surface area contributed by atoms with E-state index in [0.29, 0.717) is 0 Å². The number of hydrogen-bond donors (Lipinski definition) is 0. The summed E-state index contributed by atoms with van der Waals surface area (Å²) in [5.74, 6) is 0. The Kier molecular flexibility index (Phi) is 181. The molecule has 0 saturated heterocycles. The molecule has 0 aromatic heterocycles. The maximum absolute atomic E-state index is 0. The van der Waals surface area contributed by atoms with Crippen LogP contribution in [0.25, 0.3) is 0 Å². The van der Waals surface area contributed by atoms with Gasteiger partial charge in [-0.3, -0.25) is 0 Å². The van der Waals surface area contributed by atoms with Gasteiger partial charge in [-0.2, -0.15) is 0 Å². The first-order valence-corrected chi connectivity index (χ1v) is 0. The zero-order valence-electron chi connectivity index (χ0n) is 1.30. The van der Waals surface area contributed by atoms with Gasteiger partial charge in [-0.15, -0.1) is 0 Å². The molecule has 0 fully saturated rings. The van der Waals surface area contributed by atoms with Crippen LogP contribution in [0, 0.1) is 0 Å². The minimum atomic E-state index is 0. The zero-order valence-corrected chi connectivity index (χ0v) is 5.35. The third-order valence-corrected chi connectivity index (χ3v) is 0. The fraction of sp³-hybridized carbons (Fsp3) is 0. The summed E-state index contributed by atoms with van der Waals surface area (Å²) < 4.78 is 0. The predicted octanol–water partition coefficient (Wildman–Crippen LogP) is -0.0100. The van der Waals surface area contributed by atoms with Crippen molar-refractivity contribution >= 4 is 0 Å². The first-order valence-electron chi connectivity index (χ1n) is 0. The smallest absolute Gasteiger partial charge is 0 e. The molecule has 0 aliphatic carbocycles. The predicted molar refractivity (Wildman–Crippen MR) is 0 cm³/mol. The Balaban J connectivity index is 0. The molecule has 0 amide bonds. The zero-order chi connectivity index (χ0) is 0. The first-order chi connectivity index (χ1) is 0. The van der Waals surface area contributed by atoms with Crippen molar-refractivity contribution in [2.45, 2.75) is 0 Å². The molecule has 4 heteroatoms. The number of rotatable bonds is 0. The Hall–Kier alpha value is 2.05. The van der Waals surface area contributed by atoms with Gasteiger partial charge in [0.05, 0.1) is 0 Å². The molecule has 0 nitrogen and oxygen atoms in total. The van der Waals surface area contributed by atoms with Gasteiger partial charge < -0.3 is 0 Å². The molecular weight excluding hydrogens is 241 g/mol. The second kappa shape index (κ2) is 19.7. The molecule has 0 bridgehead atoms. The summed E-state index contributed by atoms with van der Waals surface area (Å²) in [6, 6.07) is 0. The summed E-state index contributed by atoms with van der Waals surface area (Å²) >= 11 is 0. The standard InChI is InChI=1S/2Cu.Mn.Ni. The van der Waals surface area contributed by atoms with Crippen molar-refractivity contribution < 1.29 is 67.7 Å². The molecule has 0 rings (SSSR count). The maximum atomic E-state index is 0. The van der Waals surface area contributed by atoms with E-state index in [-0.39, 0.29) is 67.7 Å². The van der Waals surface area contributed by atoms with Crippen LogP contribution in [0.3, 0.4) is 0 Å². The summed E-state index contributed by atoms with van der Waals surface area (Å²) in [6.07, 6.45) is 0. The van der Waals surface area contributed by atoms with E-state index >= 15 is 0 Å². The van der Waals surface area contributed by atoms with E-state index in [4.69, 9.17) is 0 Å². The Labute approximate surface area is 67.2 Å². The average Bonchev–Trinajstić information content (AvgIpc) is 0. The van der Waals surface area contributed by atoms with Crippen LogP contribution in [0.2, 0.25) is 0 Å². The molecule has 0 saturated carbocycles. The van der Waals surface area contributed by atoms with Crippen molar-refractivity contribution in [1.82, 2.24) is 0 Å². The molecule has 0 aromatic rings. The summed E-state index contributed by atoms with van der Waals surface area (Å²) in [7, 11) is 0. The normalized spacial score (nSPS) is 0. The minimum absolute atomic E-state index is 0. The molecule has 0 heterocycles. The Morgan fingerprint density at radius 1 is 0.750 bits per heavy atom. The summed E-state index contributed by atoms with van der Waals surface area (Å²) in [4.78, 5) is 0. The van der Waals surface area contributed by atoms with Crippen molar-refractivity contribution in [3.63, 3.8) is 0 Å². The van der Waals surface area contributed by atoms with Gasteiger partial charge in [-0.05, 0) is 0 Å². The van der Waals surface area contributed by atoms with Crippen molar-refractivity contribution in [2.24, 2.45) is 0 Å². The van der Waals surface area contributed by atoms with E-state index in [1.165, 1.54) is 0 Å². The van der Waals surface area contributed by atoms with Crippen LogP contribution in [0.15, 0.2) is 0 Å². The summed E-state index contributed by atoms with van der Waals surface area (Å²) in [6.45, 7) is 0. The van der Waals surface area contributed by atoms with Crippen LogP contribution in [0.5, 0.6) is 0 Å². The molecule has 0 spiro atoms. The quantitative estimate of drug-likeness (QED) is 0.523. The van der Waals surface area contributed by atoms with Crippen molar-refractivity contribution in [1.29, 1.82) is 0 Å². The van der Waals surface area contributed by atoms with Crippen LogP contribution in [-0.2, 0) is 67.7 Å². The minimum Gasteiger partial charge on any atom is 0 e. The molecule has 0 unspecified atom stereocenters. The molecule has 39 valence electrons. The van der Waals surface area contributed by atoms with E-state index in [2.05, 4.69) is 0 Å². The molecular formula is Cu2MnNi. The Morgan fingerprint density at radius 2 is 0.750 bits per heavy atom. The van der Waals surface area contributed by atoms with Gasteiger partial charge in [-0.1, -0.05) is 0 Å². The molecule has 0 aliphatic rings. The molecule has 3 radical (unpaired) electrons. The second-order valence-corrected chi connectivity index (χ2v) is 0. The van der Waals surface area contributed by atoms with Crippen molar-refractivity contribution in [3.05, 3.63) is 0 Å². The van der Waals surface area contributed by atoms with Crippen LogP contribution < -0.4 is 0 Å². The second-order valence-electron chi connectivity index (χ2n) is 0. The Morgan fingerprint density at radius 3 is 0.750 bits per heavy atom. The van der Waals surface area contributed by atoms with E-state index in [0.717, 1.165) is 0 Å². The maximum Gasteiger partial charge on any atom is 0 e. The first kappa shape index (κ1) is 36.7. The largest absolute Gasteiger partial charge is 0 e. The van der Waals surface area contributed by atoms with E-state index in [9.17, 15) is 0 Å². The monoisotopic (exact) mass is 239 g/mol. The third kappa shape index (κ3) is 8.96. The molecule has 0 N–H and O–H groups in total. The SMILES string of the molecule is [Cu].[Cu].[Mn].[Ni]. The Bertz CT molecular complexity index is 6.00. The van der Waals surface area contributed by atoms with Gasteiger partial charge >= 0.3 is 0 Å². The van der Waals surface area contributed by atoms with E-state index < -0.39 is 0 Å². The van der Waals surface area contributed by atoms with E-state index in [1.807, 2.05) is 0 Å². The van der Waals surface area contributed by atoms with Crippen LogP contribution in [0.1, 0.15) is 0 Å². The summed E-state index contributed by atoms with van der Waals surface area (Å²) in [5, 5.41) is 0. The average molecular weight is 241 g/mol. The summed E-state index contributed by atoms with van der Waals surface area (Å²) in [5.41, 5.74) is 0. The molecule has 4 heavy (non-hydrogen) atoms. The van der Waals surface area contributed by atoms with Crippen LogP contribution >= 0.6 is 0 Å². The third-order valence-electron chi connectivity index (χ3n) is 0. The van der Waals surface area contributed by atoms with Crippen molar-refractivity contribution in [2.75, 3.05) is 0 Å². The van der Waals surface area contributed by atoms with Crippen molar-refractivity contribution in [3.8, 4) is 0 Å². The van der Waals surface area contributed by atoms with Gasteiger partial charge in [-0.25, -0.2) is 0 Å². The van der Waals surface area contributed by atoms with Gasteiger partial charge in [0, 0.05) is 67.7 Å². The van der Waals surface area contributed by atoms with Gasteiger partial charge in [0.2, 0.25) is 0 Å². The molecule has 0 atom stereocenters. The fourth-order valence-electron chi connectivity index (χ4n) is 0. The topological polar surface area (TPSA) is 0 Å². The molecule has 0 aromatic carbocycles. The number of hydrogen-bond acceptors (Lipinski definition) is 0. The van der Waals surface area contributed by atoms with E-state index in [1.54, 1.807) is 0 Å². The van der Waals surface area contributed by atoms with Gasteiger partial charge in [0.15, 0.2) is 0 Å². The fourth-order valence-corrected chi connectivity index (χ4v) is 0. The van der Waals surface area contributed by atoms with Gasteiger partial charge in [0.25, 0.3) is 0 Å². The van der Waals surface area contributed by atoms with Crippen LogP contribution in [-0.4, -0.2) is 0 Å². The molecule has 0 aliphatic heterocycles. The van der Waals surface area contributed by atoms with Gasteiger partial charge in [0.1, 0.15) is 0 Å². The van der Waals surface area contributed by atoms with Crippen LogP contribution in [0.4, 0.5) is 0 Å².